The average molecular weight is 564 g/mol. The number of carbonyl (C=O) groups is 1. The van der Waals surface area contributed by atoms with Crippen molar-refractivity contribution in [3.63, 3.8) is 0 Å². The van der Waals surface area contributed by atoms with Crippen molar-refractivity contribution in [2.24, 2.45) is 0 Å². The lowest BCUT2D eigenvalue weighted by atomic mass is 10.1. The number of hydrogen-bond donors (Lipinski definition) is 3. The molecule has 0 spiro atoms. The summed E-state index contributed by atoms with van der Waals surface area (Å²) in [4.78, 5) is 14.4. The zero-order chi connectivity index (χ0) is 26.9. The van der Waals surface area contributed by atoms with Gasteiger partial charge in [-0.3, -0.25) is 4.79 Å². The summed E-state index contributed by atoms with van der Waals surface area (Å²) >= 11 is 13.1. The van der Waals surface area contributed by atoms with Gasteiger partial charge in [0.25, 0.3) is 0 Å². The largest absolute Gasteiger partial charge is 0.495 e. The molecule has 1 amide bonds. The molecule has 0 bridgehead atoms. The summed E-state index contributed by atoms with van der Waals surface area (Å²) in [6.07, 6.45) is 0. The summed E-state index contributed by atoms with van der Waals surface area (Å²) < 4.78 is 10.8. The first-order valence-corrected chi connectivity index (χ1v) is 13.3. The maximum absolute atomic E-state index is 13.5. The molecule has 4 rings (SSSR count). The summed E-state index contributed by atoms with van der Waals surface area (Å²) in [5.74, 6) is 1.02. The minimum atomic E-state index is -0.534. The van der Waals surface area contributed by atoms with E-state index in [-0.39, 0.29) is 5.91 Å². The van der Waals surface area contributed by atoms with Crippen LogP contribution in [0.1, 0.15) is 10.8 Å². The third kappa shape index (κ3) is 7.19. The average Bonchev–Trinajstić information content (AvgIpc) is 2.93. The van der Waals surface area contributed by atoms with Crippen LogP contribution < -0.4 is 25.4 Å². The summed E-state index contributed by atoms with van der Waals surface area (Å²) in [6, 6.07) is 30.0. The van der Waals surface area contributed by atoms with Crippen LogP contribution in [-0.4, -0.2) is 25.2 Å². The number of amides is 1. The van der Waals surface area contributed by atoms with Crippen molar-refractivity contribution in [2.75, 3.05) is 30.2 Å². The van der Waals surface area contributed by atoms with E-state index in [0.29, 0.717) is 27.3 Å². The Kier molecular flexibility index (Phi) is 9.48. The van der Waals surface area contributed by atoms with Gasteiger partial charge in [-0.05, 0) is 66.3 Å². The molecule has 0 aliphatic heterocycles. The minimum Gasteiger partial charge on any atom is -0.495 e. The Morgan fingerprint density at radius 2 is 1.50 bits per heavy atom. The van der Waals surface area contributed by atoms with Crippen molar-refractivity contribution >= 4 is 63.7 Å². The van der Waals surface area contributed by atoms with Gasteiger partial charge < -0.3 is 25.4 Å². The highest BCUT2D eigenvalue weighted by molar-refractivity contribution is 8.00. The van der Waals surface area contributed by atoms with Gasteiger partial charge in [0.1, 0.15) is 16.7 Å². The molecule has 0 aromatic heterocycles. The molecule has 38 heavy (non-hydrogen) atoms. The van der Waals surface area contributed by atoms with Gasteiger partial charge in [-0.2, -0.15) is 0 Å². The highest BCUT2D eigenvalue weighted by Crippen LogP contribution is 2.38. The molecule has 0 saturated heterocycles. The molecule has 9 heteroatoms. The van der Waals surface area contributed by atoms with Gasteiger partial charge in [0.05, 0.1) is 25.6 Å². The standard InChI is InChI=1S/C29H26ClN3O3S2/c1-35-25-14-7-6-13-23(25)33-29(37)31-21-11-8-12-22(18-21)38-27(19-9-4-3-5-10-19)28(34)32-24-17-20(30)15-16-26(24)36-2/h3-18,27H,1-2H3,(H,32,34)(H2,31,33,37). The van der Waals surface area contributed by atoms with Crippen LogP contribution in [0.3, 0.4) is 0 Å². The zero-order valence-corrected chi connectivity index (χ0v) is 23.1. The Hall–Kier alpha value is -3.72. The van der Waals surface area contributed by atoms with E-state index in [1.165, 1.54) is 11.8 Å². The first-order chi connectivity index (χ1) is 18.5. The molecule has 1 atom stereocenters. The van der Waals surface area contributed by atoms with E-state index in [0.717, 1.165) is 21.8 Å². The molecule has 194 valence electrons. The van der Waals surface area contributed by atoms with Crippen LogP contribution >= 0.6 is 35.6 Å². The Morgan fingerprint density at radius 3 is 2.26 bits per heavy atom. The Balaban J connectivity index is 1.52. The normalized spacial score (nSPS) is 11.2. The minimum absolute atomic E-state index is 0.200. The third-order valence-electron chi connectivity index (χ3n) is 5.46. The van der Waals surface area contributed by atoms with E-state index in [9.17, 15) is 4.79 Å². The highest BCUT2D eigenvalue weighted by Gasteiger charge is 2.23. The SMILES string of the molecule is COc1ccc(Cl)cc1NC(=O)C(Sc1cccc(NC(=S)Nc2ccccc2OC)c1)c1ccccc1. The van der Waals surface area contributed by atoms with Crippen molar-refractivity contribution in [1.29, 1.82) is 0 Å². The highest BCUT2D eigenvalue weighted by atomic mass is 35.5. The number of hydrogen-bond acceptors (Lipinski definition) is 5. The van der Waals surface area contributed by atoms with Gasteiger partial charge >= 0.3 is 0 Å². The third-order valence-corrected chi connectivity index (χ3v) is 7.15. The van der Waals surface area contributed by atoms with Crippen LogP contribution in [0.15, 0.2) is 102 Å². The molecule has 3 N–H and O–H groups in total. The molecular weight excluding hydrogens is 538 g/mol. The van der Waals surface area contributed by atoms with Gasteiger partial charge in [-0.15, -0.1) is 11.8 Å². The van der Waals surface area contributed by atoms with Gasteiger partial charge in [-0.25, -0.2) is 0 Å². The van der Waals surface area contributed by atoms with Crippen LogP contribution in [0.2, 0.25) is 5.02 Å². The number of nitrogens with one attached hydrogen (secondary N) is 3. The number of methoxy groups -OCH3 is 2. The number of carbonyl (C=O) groups excluding carboxylic acids is 1. The molecule has 0 radical (unpaired) electrons. The number of benzene rings is 4. The summed E-state index contributed by atoms with van der Waals surface area (Å²) in [5.41, 5.74) is 2.92. The van der Waals surface area contributed by atoms with Gasteiger partial charge in [0, 0.05) is 15.6 Å². The van der Waals surface area contributed by atoms with Gasteiger partial charge in [0.2, 0.25) is 5.91 Å². The fourth-order valence-corrected chi connectivity index (χ4v) is 5.18. The summed E-state index contributed by atoms with van der Waals surface area (Å²) in [5, 5.41) is 9.73. The van der Waals surface area contributed by atoms with Crippen molar-refractivity contribution in [3.05, 3.63) is 108 Å². The van der Waals surface area contributed by atoms with Crippen LogP contribution in [-0.2, 0) is 4.79 Å². The smallest absolute Gasteiger partial charge is 0.242 e. The van der Waals surface area contributed by atoms with E-state index >= 15 is 0 Å². The molecule has 6 nitrogen and oxygen atoms in total. The molecule has 4 aromatic carbocycles. The fourth-order valence-electron chi connectivity index (χ4n) is 3.69. The second-order valence-corrected chi connectivity index (χ2v) is 10.1. The number of para-hydroxylation sites is 2. The van der Waals surface area contributed by atoms with Crippen LogP contribution in [0, 0.1) is 0 Å². The molecule has 1 unspecified atom stereocenters. The van der Waals surface area contributed by atoms with Crippen LogP contribution in [0.5, 0.6) is 11.5 Å². The van der Waals surface area contributed by atoms with Crippen molar-refractivity contribution < 1.29 is 14.3 Å². The van der Waals surface area contributed by atoms with Gasteiger partial charge in [0.15, 0.2) is 5.11 Å². The number of halogens is 1. The predicted octanol–water partition coefficient (Wildman–Crippen LogP) is 7.64. The zero-order valence-electron chi connectivity index (χ0n) is 20.7. The van der Waals surface area contributed by atoms with Crippen LogP contribution in [0.25, 0.3) is 0 Å². The number of rotatable bonds is 9. The van der Waals surface area contributed by atoms with E-state index in [1.54, 1.807) is 32.4 Å². The van der Waals surface area contributed by atoms with E-state index in [2.05, 4.69) is 16.0 Å². The maximum Gasteiger partial charge on any atom is 0.242 e. The fraction of sp³-hybridized carbons (Fsp3) is 0.103. The number of anilines is 3. The first kappa shape index (κ1) is 27.3. The number of thiocarbonyl (C=S) groups is 1. The van der Waals surface area contributed by atoms with Crippen molar-refractivity contribution in [2.45, 2.75) is 10.1 Å². The topological polar surface area (TPSA) is 71.6 Å². The molecule has 4 aromatic rings. The molecule has 0 aliphatic carbocycles. The maximum atomic E-state index is 13.5. The molecule has 0 aliphatic rings. The Morgan fingerprint density at radius 1 is 0.789 bits per heavy atom. The molecule has 0 fully saturated rings. The van der Waals surface area contributed by atoms with Crippen molar-refractivity contribution in [3.8, 4) is 11.5 Å². The van der Waals surface area contributed by atoms with E-state index in [1.807, 2.05) is 78.9 Å². The quantitative estimate of drug-likeness (QED) is 0.143. The second kappa shape index (κ2) is 13.2. The Labute approximate surface area is 236 Å². The molecule has 0 saturated carbocycles. The molecular formula is C29H26ClN3O3S2. The summed E-state index contributed by atoms with van der Waals surface area (Å²) in [7, 11) is 3.16. The summed E-state index contributed by atoms with van der Waals surface area (Å²) in [6.45, 7) is 0. The monoisotopic (exact) mass is 563 g/mol. The molecule has 0 heterocycles. The lowest BCUT2D eigenvalue weighted by Crippen LogP contribution is -2.20. The van der Waals surface area contributed by atoms with Crippen LogP contribution in [0.4, 0.5) is 17.1 Å². The second-order valence-electron chi connectivity index (χ2n) is 8.05. The predicted molar refractivity (Wildman–Crippen MR) is 161 cm³/mol. The van der Waals surface area contributed by atoms with Gasteiger partial charge in [-0.1, -0.05) is 60.1 Å². The lowest BCUT2D eigenvalue weighted by Gasteiger charge is -2.19. The number of ether oxygens (including phenoxy) is 2. The lowest BCUT2D eigenvalue weighted by molar-refractivity contribution is -0.115. The Bertz CT molecular complexity index is 1420. The first-order valence-electron chi connectivity index (χ1n) is 11.6. The van der Waals surface area contributed by atoms with E-state index < -0.39 is 5.25 Å². The number of thioether (sulfide) groups is 1. The van der Waals surface area contributed by atoms with Crippen molar-refractivity contribution in [1.82, 2.24) is 0 Å². The van der Waals surface area contributed by atoms with E-state index in [4.69, 9.17) is 33.3 Å².